The maximum Gasteiger partial charge on any atom is 0.269 e. The lowest BCUT2D eigenvalue weighted by Gasteiger charge is -2.14. The molecule has 0 aliphatic rings. The van der Waals surface area contributed by atoms with E-state index >= 15 is 0 Å². The number of rotatable bonds is 8. The molecular formula is C26H24N4O5S2. The van der Waals surface area contributed by atoms with E-state index in [1.165, 1.54) is 42.7 Å². The smallest absolute Gasteiger partial charge is 0.269 e. The molecule has 0 atom stereocenters. The number of nitrogens with zero attached hydrogens (tertiary/aromatic N) is 1. The lowest BCUT2D eigenvalue weighted by atomic mass is 10.1. The first-order chi connectivity index (χ1) is 17.5. The Morgan fingerprint density at radius 1 is 0.865 bits per heavy atom. The minimum atomic E-state index is -4.21. The van der Waals surface area contributed by atoms with Crippen molar-refractivity contribution < 1.29 is 21.6 Å². The SMILES string of the molecule is CS(=O)(=O)Nc1ccc(-c2ccccc2)cc1S(=O)(=O)n1ccc(C=CC(=O)Nc2ccccc2N)c1. The zero-order valence-corrected chi connectivity index (χ0v) is 21.3. The van der Waals surface area contributed by atoms with E-state index < -0.39 is 26.0 Å². The van der Waals surface area contributed by atoms with E-state index in [0.29, 0.717) is 22.5 Å². The zero-order valence-electron chi connectivity index (χ0n) is 19.7. The van der Waals surface area contributed by atoms with Gasteiger partial charge in [-0.3, -0.25) is 9.52 Å². The number of benzene rings is 3. The molecule has 0 radical (unpaired) electrons. The molecule has 4 aromatic rings. The molecule has 0 aliphatic carbocycles. The summed E-state index contributed by atoms with van der Waals surface area (Å²) in [5.74, 6) is -0.441. The molecule has 0 saturated carbocycles. The number of para-hydroxylation sites is 2. The summed E-state index contributed by atoms with van der Waals surface area (Å²) in [6.45, 7) is 0. The summed E-state index contributed by atoms with van der Waals surface area (Å²) >= 11 is 0. The highest BCUT2D eigenvalue weighted by atomic mass is 32.2. The van der Waals surface area contributed by atoms with Crippen LogP contribution >= 0.6 is 0 Å². The molecular weight excluding hydrogens is 512 g/mol. The lowest BCUT2D eigenvalue weighted by molar-refractivity contribution is -0.111. The average Bonchev–Trinajstić information content (AvgIpc) is 3.34. The number of carbonyl (C=O) groups is 1. The second-order valence-corrected chi connectivity index (χ2v) is 11.7. The second-order valence-electron chi connectivity index (χ2n) is 8.14. The molecule has 11 heteroatoms. The minimum Gasteiger partial charge on any atom is -0.397 e. The topological polar surface area (TPSA) is 140 Å². The van der Waals surface area contributed by atoms with Gasteiger partial charge in [-0.15, -0.1) is 0 Å². The Morgan fingerprint density at radius 3 is 2.27 bits per heavy atom. The predicted molar refractivity (Wildman–Crippen MR) is 146 cm³/mol. The summed E-state index contributed by atoms with van der Waals surface area (Å²) < 4.78 is 54.2. The van der Waals surface area contributed by atoms with Gasteiger partial charge in [0.15, 0.2) is 0 Å². The molecule has 37 heavy (non-hydrogen) atoms. The van der Waals surface area contributed by atoms with Crippen LogP contribution in [0.3, 0.4) is 0 Å². The van der Waals surface area contributed by atoms with Crippen LogP contribution in [0.2, 0.25) is 0 Å². The van der Waals surface area contributed by atoms with E-state index in [9.17, 15) is 21.6 Å². The molecule has 1 amide bonds. The minimum absolute atomic E-state index is 0.0761. The van der Waals surface area contributed by atoms with Crippen molar-refractivity contribution in [1.29, 1.82) is 0 Å². The van der Waals surface area contributed by atoms with Gasteiger partial charge in [0.1, 0.15) is 4.90 Å². The number of aromatic nitrogens is 1. The highest BCUT2D eigenvalue weighted by Gasteiger charge is 2.23. The summed E-state index contributed by atoms with van der Waals surface area (Å²) in [5, 5.41) is 2.65. The number of carbonyl (C=O) groups excluding carboxylic acids is 1. The predicted octanol–water partition coefficient (Wildman–Crippen LogP) is 4.00. The van der Waals surface area contributed by atoms with Crippen LogP contribution in [0, 0.1) is 0 Å². The number of nitrogens with two attached hydrogens (primary N) is 1. The molecule has 0 spiro atoms. The number of nitrogen functional groups attached to an aromatic ring is 1. The molecule has 9 nitrogen and oxygen atoms in total. The second kappa shape index (κ2) is 10.3. The van der Waals surface area contributed by atoms with Crippen molar-refractivity contribution in [2.45, 2.75) is 4.90 Å². The molecule has 4 rings (SSSR count). The van der Waals surface area contributed by atoms with Gasteiger partial charge in [0, 0.05) is 18.5 Å². The number of anilines is 3. The quantitative estimate of drug-likeness (QED) is 0.230. The molecule has 1 aromatic heterocycles. The molecule has 1 heterocycles. The Labute approximate surface area is 215 Å². The summed E-state index contributed by atoms with van der Waals surface area (Å²) in [5.41, 5.74) is 8.44. The van der Waals surface area contributed by atoms with Crippen LogP contribution in [0.4, 0.5) is 17.1 Å². The Balaban J connectivity index is 1.65. The first kappa shape index (κ1) is 25.7. The van der Waals surface area contributed by atoms with Crippen LogP contribution in [0.1, 0.15) is 5.56 Å². The first-order valence-corrected chi connectivity index (χ1v) is 14.3. The summed E-state index contributed by atoms with van der Waals surface area (Å²) in [6, 6.07) is 21.9. The van der Waals surface area contributed by atoms with Crippen LogP contribution in [0.15, 0.2) is 102 Å². The van der Waals surface area contributed by atoms with Crippen LogP contribution in [0.5, 0.6) is 0 Å². The van der Waals surface area contributed by atoms with Gasteiger partial charge in [0.2, 0.25) is 15.9 Å². The molecule has 0 aliphatic heterocycles. The Kier molecular flexibility index (Phi) is 7.18. The van der Waals surface area contributed by atoms with Gasteiger partial charge in [-0.25, -0.2) is 20.8 Å². The maximum absolute atomic E-state index is 13.6. The highest BCUT2D eigenvalue weighted by Crippen LogP contribution is 2.31. The number of nitrogens with one attached hydrogen (secondary N) is 2. The molecule has 0 saturated heterocycles. The van der Waals surface area contributed by atoms with Crippen LogP contribution in [-0.2, 0) is 24.8 Å². The van der Waals surface area contributed by atoms with Crippen LogP contribution in [-0.4, -0.2) is 33.0 Å². The van der Waals surface area contributed by atoms with E-state index in [0.717, 1.165) is 15.8 Å². The number of sulfonamides is 1. The zero-order chi connectivity index (χ0) is 26.6. The highest BCUT2D eigenvalue weighted by molar-refractivity contribution is 7.92. The van der Waals surface area contributed by atoms with Crippen molar-refractivity contribution >= 4 is 49.1 Å². The summed E-state index contributed by atoms with van der Waals surface area (Å²) in [4.78, 5) is 12.0. The van der Waals surface area contributed by atoms with Gasteiger partial charge in [-0.1, -0.05) is 48.5 Å². The molecule has 0 fully saturated rings. The lowest BCUT2D eigenvalue weighted by Crippen LogP contribution is -2.17. The average molecular weight is 537 g/mol. The third-order valence-corrected chi connectivity index (χ3v) is 7.54. The Morgan fingerprint density at radius 2 is 1.57 bits per heavy atom. The fourth-order valence-corrected chi connectivity index (χ4v) is 5.56. The molecule has 190 valence electrons. The third kappa shape index (κ3) is 6.26. The summed E-state index contributed by atoms with van der Waals surface area (Å²) in [7, 11) is -7.96. The van der Waals surface area contributed by atoms with Crippen molar-refractivity contribution in [1.82, 2.24) is 3.97 Å². The fourth-order valence-electron chi connectivity index (χ4n) is 3.54. The number of hydrogen-bond acceptors (Lipinski definition) is 6. The summed E-state index contributed by atoms with van der Waals surface area (Å²) in [6.07, 6.45) is 6.31. The van der Waals surface area contributed by atoms with Crippen molar-refractivity contribution in [2.24, 2.45) is 0 Å². The van der Waals surface area contributed by atoms with Gasteiger partial charge in [-0.05, 0) is 53.1 Å². The third-order valence-electron chi connectivity index (χ3n) is 5.28. The van der Waals surface area contributed by atoms with Crippen molar-refractivity contribution in [3.05, 3.63) is 103 Å². The Hall–Kier alpha value is -4.35. The first-order valence-electron chi connectivity index (χ1n) is 11.0. The molecule has 3 aromatic carbocycles. The van der Waals surface area contributed by atoms with Crippen molar-refractivity contribution in [2.75, 3.05) is 22.0 Å². The standard InChI is InChI=1S/C26H24N4O5S2/c1-36(32,33)29-24-13-12-21(20-7-3-2-4-8-20)17-25(24)37(34,35)30-16-15-19(18-30)11-14-26(31)28-23-10-6-5-9-22(23)27/h2-18,29H,27H2,1H3,(H,28,31). The van der Waals surface area contributed by atoms with E-state index in [2.05, 4.69) is 10.0 Å². The largest absolute Gasteiger partial charge is 0.397 e. The van der Waals surface area contributed by atoms with Crippen molar-refractivity contribution in [3.63, 3.8) is 0 Å². The van der Waals surface area contributed by atoms with E-state index in [1.807, 2.05) is 30.3 Å². The van der Waals surface area contributed by atoms with Crippen LogP contribution in [0.25, 0.3) is 17.2 Å². The molecule has 4 N–H and O–H groups in total. The normalized spacial score (nSPS) is 11.9. The van der Waals surface area contributed by atoms with Gasteiger partial charge < -0.3 is 11.1 Å². The van der Waals surface area contributed by atoms with Gasteiger partial charge >= 0.3 is 0 Å². The number of amides is 1. The van der Waals surface area contributed by atoms with E-state index in [4.69, 9.17) is 5.73 Å². The van der Waals surface area contributed by atoms with Gasteiger partial charge in [0.25, 0.3) is 10.0 Å². The fraction of sp³-hybridized carbons (Fsp3) is 0.0385. The van der Waals surface area contributed by atoms with E-state index in [1.54, 1.807) is 30.3 Å². The number of hydrogen-bond donors (Lipinski definition) is 3. The van der Waals surface area contributed by atoms with E-state index in [-0.39, 0.29) is 10.6 Å². The van der Waals surface area contributed by atoms with Gasteiger partial charge in [0.05, 0.1) is 23.3 Å². The van der Waals surface area contributed by atoms with Crippen molar-refractivity contribution in [3.8, 4) is 11.1 Å². The van der Waals surface area contributed by atoms with Crippen LogP contribution < -0.4 is 15.8 Å². The monoisotopic (exact) mass is 536 g/mol. The Bertz CT molecular complexity index is 1690. The van der Waals surface area contributed by atoms with Gasteiger partial charge in [-0.2, -0.15) is 0 Å². The molecule has 0 bridgehead atoms. The molecule has 0 unspecified atom stereocenters. The maximum atomic E-state index is 13.6.